The van der Waals surface area contributed by atoms with Crippen molar-refractivity contribution >= 4 is 11.8 Å². The van der Waals surface area contributed by atoms with E-state index in [-0.39, 0.29) is 0 Å². The van der Waals surface area contributed by atoms with E-state index in [9.17, 15) is 0 Å². The molecule has 15 heavy (non-hydrogen) atoms. The van der Waals surface area contributed by atoms with E-state index in [0.29, 0.717) is 0 Å². The van der Waals surface area contributed by atoms with Crippen LogP contribution in [0.4, 0.5) is 0 Å². The van der Waals surface area contributed by atoms with Crippen LogP contribution in [0.15, 0.2) is 23.1 Å². The summed E-state index contributed by atoms with van der Waals surface area (Å²) in [5.74, 6) is 1.21. The van der Waals surface area contributed by atoms with Gasteiger partial charge in [0.05, 0.1) is 0 Å². The maximum Gasteiger partial charge on any atom is 0.0162 e. The molecule has 0 aliphatic carbocycles. The third-order valence-electron chi connectivity index (χ3n) is 3.09. The minimum atomic E-state index is 0.733. The van der Waals surface area contributed by atoms with Crippen LogP contribution in [-0.2, 0) is 0 Å². The molecule has 0 aromatic heterocycles. The smallest absolute Gasteiger partial charge is 0.0162 e. The van der Waals surface area contributed by atoms with Crippen molar-refractivity contribution in [2.75, 3.05) is 12.3 Å². The van der Waals surface area contributed by atoms with Gasteiger partial charge in [0, 0.05) is 16.7 Å². The largest absolute Gasteiger partial charge is 0.313 e. The van der Waals surface area contributed by atoms with Crippen LogP contribution in [-0.4, -0.2) is 18.3 Å². The van der Waals surface area contributed by atoms with Crippen molar-refractivity contribution in [3.05, 3.63) is 29.3 Å². The molecule has 1 heterocycles. The Morgan fingerprint density at radius 2 is 2.20 bits per heavy atom. The van der Waals surface area contributed by atoms with Crippen molar-refractivity contribution < 1.29 is 0 Å². The Morgan fingerprint density at radius 3 is 2.87 bits per heavy atom. The van der Waals surface area contributed by atoms with Gasteiger partial charge in [-0.3, -0.25) is 0 Å². The topological polar surface area (TPSA) is 12.0 Å². The molecule has 1 aromatic carbocycles. The third kappa shape index (κ3) is 2.99. The van der Waals surface area contributed by atoms with Crippen molar-refractivity contribution in [2.24, 2.45) is 0 Å². The monoisotopic (exact) mass is 221 g/mol. The van der Waals surface area contributed by atoms with E-state index in [4.69, 9.17) is 0 Å². The Morgan fingerprint density at radius 1 is 1.33 bits per heavy atom. The van der Waals surface area contributed by atoms with Crippen LogP contribution in [0.3, 0.4) is 0 Å². The summed E-state index contributed by atoms with van der Waals surface area (Å²) >= 11 is 1.98. The average Bonchev–Trinajstić information content (AvgIpc) is 2.73. The van der Waals surface area contributed by atoms with Crippen LogP contribution < -0.4 is 5.32 Å². The van der Waals surface area contributed by atoms with Crippen LogP contribution in [0.2, 0.25) is 0 Å². The molecule has 2 rings (SSSR count). The summed E-state index contributed by atoms with van der Waals surface area (Å²) in [6, 6.07) is 7.49. The highest BCUT2D eigenvalue weighted by atomic mass is 32.2. The van der Waals surface area contributed by atoms with E-state index in [1.54, 1.807) is 0 Å². The molecule has 0 radical (unpaired) electrons. The second-order valence-electron chi connectivity index (χ2n) is 4.35. The molecule has 0 unspecified atom stereocenters. The first-order valence-electron chi connectivity index (χ1n) is 5.69. The number of hydrogen-bond acceptors (Lipinski definition) is 2. The minimum absolute atomic E-state index is 0.733. The third-order valence-corrected chi connectivity index (χ3v) is 4.25. The normalized spacial score (nSPS) is 20.8. The number of benzene rings is 1. The lowest BCUT2D eigenvalue weighted by molar-refractivity contribution is 0.674. The SMILES string of the molecule is Cc1ccc(SC[C@@H]2CCCN2)cc1C. The summed E-state index contributed by atoms with van der Waals surface area (Å²) in [6.07, 6.45) is 2.69. The van der Waals surface area contributed by atoms with Gasteiger partial charge in [-0.05, 0) is 56.5 Å². The summed E-state index contributed by atoms with van der Waals surface area (Å²) in [7, 11) is 0. The molecule has 0 amide bonds. The summed E-state index contributed by atoms with van der Waals surface area (Å²) < 4.78 is 0. The Bertz CT molecular complexity index is 329. The number of aryl methyl sites for hydroxylation is 2. The van der Waals surface area contributed by atoms with Crippen LogP contribution in [0, 0.1) is 13.8 Å². The number of thioether (sulfide) groups is 1. The minimum Gasteiger partial charge on any atom is -0.313 e. The summed E-state index contributed by atoms with van der Waals surface area (Å²) in [6.45, 7) is 5.56. The maximum atomic E-state index is 3.53. The van der Waals surface area contributed by atoms with Crippen molar-refractivity contribution in [3.8, 4) is 0 Å². The lowest BCUT2D eigenvalue weighted by atomic mass is 10.1. The predicted molar refractivity (Wildman–Crippen MR) is 67.7 cm³/mol. The highest BCUT2D eigenvalue weighted by Crippen LogP contribution is 2.23. The van der Waals surface area contributed by atoms with E-state index in [1.165, 1.54) is 41.2 Å². The quantitative estimate of drug-likeness (QED) is 0.787. The van der Waals surface area contributed by atoms with Crippen LogP contribution in [0.1, 0.15) is 24.0 Å². The van der Waals surface area contributed by atoms with E-state index >= 15 is 0 Å². The Labute approximate surface area is 96.7 Å². The number of nitrogens with one attached hydrogen (secondary N) is 1. The Hall–Kier alpha value is -0.470. The molecule has 1 saturated heterocycles. The number of hydrogen-bond donors (Lipinski definition) is 1. The maximum absolute atomic E-state index is 3.53. The van der Waals surface area contributed by atoms with E-state index in [1.807, 2.05) is 11.8 Å². The summed E-state index contributed by atoms with van der Waals surface area (Å²) in [5.41, 5.74) is 2.79. The van der Waals surface area contributed by atoms with E-state index < -0.39 is 0 Å². The van der Waals surface area contributed by atoms with Crippen molar-refractivity contribution in [2.45, 2.75) is 37.6 Å². The predicted octanol–water partition coefficient (Wildman–Crippen LogP) is 3.15. The van der Waals surface area contributed by atoms with Crippen LogP contribution in [0.25, 0.3) is 0 Å². The molecule has 1 N–H and O–H groups in total. The van der Waals surface area contributed by atoms with Gasteiger partial charge in [0.25, 0.3) is 0 Å². The van der Waals surface area contributed by atoms with Gasteiger partial charge in [-0.25, -0.2) is 0 Å². The highest BCUT2D eigenvalue weighted by Gasteiger charge is 2.13. The zero-order valence-electron chi connectivity index (χ0n) is 9.55. The lowest BCUT2D eigenvalue weighted by Gasteiger charge is -2.10. The molecule has 0 spiro atoms. The zero-order chi connectivity index (χ0) is 10.7. The Kier molecular flexibility index (Phi) is 3.71. The molecule has 1 nitrogen and oxygen atoms in total. The fraction of sp³-hybridized carbons (Fsp3) is 0.538. The second-order valence-corrected chi connectivity index (χ2v) is 5.44. The zero-order valence-corrected chi connectivity index (χ0v) is 10.4. The molecule has 1 aliphatic heterocycles. The molecule has 1 aromatic rings. The molecule has 82 valence electrons. The molecule has 1 aliphatic rings. The van der Waals surface area contributed by atoms with Gasteiger partial charge >= 0.3 is 0 Å². The molecular formula is C13H19NS. The fourth-order valence-electron chi connectivity index (χ4n) is 1.90. The first-order chi connectivity index (χ1) is 7.25. The summed E-state index contributed by atoms with van der Waals surface area (Å²) in [4.78, 5) is 1.41. The van der Waals surface area contributed by atoms with Gasteiger partial charge in [-0.1, -0.05) is 6.07 Å². The van der Waals surface area contributed by atoms with Gasteiger partial charge < -0.3 is 5.32 Å². The molecule has 2 heteroatoms. The van der Waals surface area contributed by atoms with Gasteiger partial charge in [-0.2, -0.15) is 0 Å². The highest BCUT2D eigenvalue weighted by molar-refractivity contribution is 7.99. The second kappa shape index (κ2) is 5.04. The van der Waals surface area contributed by atoms with E-state index in [2.05, 4.69) is 37.4 Å². The van der Waals surface area contributed by atoms with Crippen LogP contribution in [0.5, 0.6) is 0 Å². The van der Waals surface area contributed by atoms with Gasteiger partial charge in [0.1, 0.15) is 0 Å². The molecular weight excluding hydrogens is 202 g/mol. The molecule has 1 fully saturated rings. The van der Waals surface area contributed by atoms with Crippen molar-refractivity contribution in [1.82, 2.24) is 5.32 Å². The Balaban J connectivity index is 1.90. The molecule has 0 bridgehead atoms. The average molecular weight is 221 g/mol. The van der Waals surface area contributed by atoms with Gasteiger partial charge in [0.15, 0.2) is 0 Å². The van der Waals surface area contributed by atoms with Gasteiger partial charge in [0.2, 0.25) is 0 Å². The first-order valence-corrected chi connectivity index (χ1v) is 6.68. The first kappa shape index (κ1) is 11.0. The van der Waals surface area contributed by atoms with Crippen LogP contribution >= 0.6 is 11.8 Å². The standard InChI is InChI=1S/C13H19NS/c1-10-5-6-13(8-11(10)2)15-9-12-4-3-7-14-12/h5-6,8,12,14H,3-4,7,9H2,1-2H3/t12-/m0/s1. The molecule has 0 saturated carbocycles. The summed E-state index contributed by atoms with van der Waals surface area (Å²) in [5, 5.41) is 3.53. The number of rotatable bonds is 3. The fourth-order valence-corrected chi connectivity index (χ4v) is 3.00. The van der Waals surface area contributed by atoms with Gasteiger partial charge in [-0.15, -0.1) is 11.8 Å². The van der Waals surface area contributed by atoms with Crippen molar-refractivity contribution in [1.29, 1.82) is 0 Å². The van der Waals surface area contributed by atoms with E-state index in [0.717, 1.165) is 6.04 Å². The molecule has 1 atom stereocenters. The lowest BCUT2D eigenvalue weighted by Crippen LogP contribution is -2.23. The van der Waals surface area contributed by atoms with Crippen molar-refractivity contribution in [3.63, 3.8) is 0 Å².